The van der Waals surface area contributed by atoms with Gasteiger partial charge in [-0.25, -0.2) is 0 Å². The molecule has 0 aromatic carbocycles. The lowest BCUT2D eigenvalue weighted by Crippen LogP contribution is -2.48. The summed E-state index contributed by atoms with van der Waals surface area (Å²) in [6.07, 6.45) is 15.6. The Hall–Kier alpha value is -1.14. The lowest BCUT2D eigenvalue weighted by Gasteiger charge is -2.35. The average Bonchev–Trinajstić information content (AvgIpc) is 3.06. The number of allylic oxidation sites excluding steroid dienone is 3. The van der Waals surface area contributed by atoms with Gasteiger partial charge in [0.1, 0.15) is 0 Å². The molecule has 4 N–H and O–H groups in total. The first-order chi connectivity index (χ1) is 22.2. The van der Waals surface area contributed by atoms with Crippen LogP contribution in [0, 0.1) is 0 Å². The van der Waals surface area contributed by atoms with Gasteiger partial charge in [-0.3, -0.25) is 9.80 Å². The summed E-state index contributed by atoms with van der Waals surface area (Å²) >= 11 is 0. The lowest BCUT2D eigenvalue weighted by atomic mass is 10.1. The van der Waals surface area contributed by atoms with Crippen LogP contribution in [-0.4, -0.2) is 180 Å². The van der Waals surface area contributed by atoms with Crippen molar-refractivity contribution in [1.29, 1.82) is 0 Å². The fourth-order valence-corrected chi connectivity index (χ4v) is 7.11. The third-order valence-corrected chi connectivity index (χ3v) is 9.80. The smallest absolute Gasteiger partial charge is 0.0231 e. The fraction of sp³-hybridized carbons (Fsp3) is 0.833. The first kappa shape index (κ1) is 38.3. The lowest BCUT2D eigenvalue weighted by molar-refractivity contribution is 0.124. The number of hydrogen-bond acceptors (Lipinski definition) is 9. The average molecular weight is 630 g/mol. The van der Waals surface area contributed by atoms with Gasteiger partial charge in [-0.05, 0) is 111 Å². The molecule has 0 saturated carbocycles. The zero-order valence-corrected chi connectivity index (χ0v) is 29.7. The van der Waals surface area contributed by atoms with Crippen LogP contribution in [0.4, 0.5) is 0 Å². The minimum Gasteiger partial charge on any atom is -0.333 e. The molecule has 6 aliphatic heterocycles. The van der Waals surface area contributed by atoms with Crippen LogP contribution in [0.15, 0.2) is 35.5 Å². The first-order valence-electron chi connectivity index (χ1n) is 18.5. The standard InChI is InChI=1S/C35H66N8.CH5N/c1-3-9-35(33-43-21-8-19-41-30-26-39(27-31-41)17-6-13-37-15-23-43)11-4-10-34(2)32-42-20-7-18-40-28-24-38(25-29-40)16-5-12-36-14-22-42;1-2/h3,9-11,36-37H,4-8,12-33H2,1-2H3;2H2,1H3/b9-3-,34-10?,35-11+;. The van der Waals surface area contributed by atoms with Crippen LogP contribution in [-0.2, 0) is 0 Å². The first-order valence-corrected chi connectivity index (χ1v) is 18.5. The summed E-state index contributed by atoms with van der Waals surface area (Å²) in [5.41, 5.74) is 7.47. The van der Waals surface area contributed by atoms with Crippen molar-refractivity contribution in [2.45, 2.75) is 46.0 Å². The highest BCUT2D eigenvalue weighted by atomic mass is 15.3. The summed E-state index contributed by atoms with van der Waals surface area (Å²) in [6, 6.07) is 0. The normalized spacial score (nSPS) is 30.0. The van der Waals surface area contributed by atoms with Crippen molar-refractivity contribution in [2.75, 3.05) is 151 Å². The van der Waals surface area contributed by atoms with E-state index >= 15 is 0 Å². The van der Waals surface area contributed by atoms with Gasteiger partial charge in [0, 0.05) is 91.6 Å². The minimum atomic E-state index is 1.03. The monoisotopic (exact) mass is 630 g/mol. The largest absolute Gasteiger partial charge is 0.333 e. The van der Waals surface area contributed by atoms with Crippen molar-refractivity contribution in [3.63, 3.8) is 0 Å². The van der Waals surface area contributed by atoms with Crippen LogP contribution in [0.2, 0.25) is 0 Å². The number of nitrogens with two attached hydrogens (primary N) is 1. The van der Waals surface area contributed by atoms with E-state index in [9.17, 15) is 0 Å². The van der Waals surface area contributed by atoms with Gasteiger partial charge < -0.3 is 36.0 Å². The van der Waals surface area contributed by atoms with E-state index in [2.05, 4.69) is 83.9 Å². The van der Waals surface area contributed by atoms with E-state index in [-0.39, 0.29) is 0 Å². The summed E-state index contributed by atoms with van der Waals surface area (Å²) in [4.78, 5) is 16.0. The second kappa shape index (κ2) is 24.1. The molecule has 0 aliphatic carbocycles. The van der Waals surface area contributed by atoms with E-state index < -0.39 is 0 Å². The third-order valence-electron chi connectivity index (χ3n) is 9.80. The summed E-state index contributed by atoms with van der Waals surface area (Å²) in [5.74, 6) is 0. The molecule has 9 heteroatoms. The van der Waals surface area contributed by atoms with Gasteiger partial charge in [0.25, 0.3) is 0 Å². The Balaban J connectivity index is 0.00000271. The van der Waals surface area contributed by atoms with E-state index in [1.54, 1.807) is 0 Å². The molecule has 0 spiro atoms. The molecular weight excluding hydrogens is 558 g/mol. The van der Waals surface area contributed by atoms with Gasteiger partial charge in [-0.2, -0.15) is 0 Å². The summed E-state index contributed by atoms with van der Waals surface area (Å²) in [5, 5.41) is 7.44. The molecule has 260 valence electrons. The molecule has 6 saturated heterocycles. The predicted octanol–water partition coefficient (Wildman–Crippen LogP) is 2.01. The summed E-state index contributed by atoms with van der Waals surface area (Å²) in [7, 11) is 1.50. The SMILES string of the molecule is C/C=C\C(=C/CC=C(C)CN1CCCN2CCN(CCCNCC1)CC2)CN1CCCN2CCN(CCCNCC1)CC2.CN. The van der Waals surface area contributed by atoms with Gasteiger partial charge in [-0.1, -0.05) is 29.9 Å². The summed E-state index contributed by atoms with van der Waals surface area (Å²) in [6.45, 7) is 30.8. The Bertz CT molecular complexity index is 823. The van der Waals surface area contributed by atoms with Gasteiger partial charge in [0.15, 0.2) is 0 Å². The predicted molar refractivity (Wildman–Crippen MR) is 194 cm³/mol. The third kappa shape index (κ3) is 16.5. The Labute approximate surface area is 277 Å². The van der Waals surface area contributed by atoms with Crippen molar-refractivity contribution in [3.8, 4) is 0 Å². The van der Waals surface area contributed by atoms with Crippen molar-refractivity contribution < 1.29 is 0 Å². The molecule has 6 rings (SSSR count). The van der Waals surface area contributed by atoms with Gasteiger partial charge in [0.05, 0.1) is 0 Å². The van der Waals surface area contributed by atoms with Crippen molar-refractivity contribution in [2.24, 2.45) is 5.73 Å². The molecule has 0 amide bonds. The van der Waals surface area contributed by atoms with E-state index in [1.165, 1.54) is 136 Å². The fourth-order valence-electron chi connectivity index (χ4n) is 7.11. The molecular formula is C36H71N9. The van der Waals surface area contributed by atoms with Crippen molar-refractivity contribution in [1.82, 2.24) is 40.0 Å². The van der Waals surface area contributed by atoms with Crippen molar-refractivity contribution in [3.05, 3.63) is 35.5 Å². The van der Waals surface area contributed by atoms with Crippen LogP contribution in [0.25, 0.3) is 0 Å². The zero-order valence-electron chi connectivity index (χ0n) is 29.7. The number of fused-ring (bicyclic) bond motifs is 22. The van der Waals surface area contributed by atoms with Crippen LogP contribution in [0.5, 0.6) is 0 Å². The Morgan fingerprint density at radius 1 is 0.533 bits per heavy atom. The van der Waals surface area contributed by atoms with E-state index in [4.69, 9.17) is 0 Å². The van der Waals surface area contributed by atoms with E-state index in [0.717, 1.165) is 58.8 Å². The molecule has 6 aliphatic rings. The highest BCUT2D eigenvalue weighted by molar-refractivity contribution is 5.21. The molecule has 0 aromatic rings. The number of nitrogens with zero attached hydrogens (tertiary/aromatic N) is 6. The topological polar surface area (TPSA) is 69.5 Å². The Morgan fingerprint density at radius 2 is 0.978 bits per heavy atom. The molecule has 0 atom stereocenters. The number of nitrogens with one attached hydrogen (secondary N) is 2. The Kier molecular flexibility index (Phi) is 20.5. The molecule has 6 heterocycles. The summed E-state index contributed by atoms with van der Waals surface area (Å²) < 4.78 is 0. The van der Waals surface area contributed by atoms with Crippen LogP contribution >= 0.6 is 0 Å². The zero-order chi connectivity index (χ0) is 32.0. The van der Waals surface area contributed by atoms with E-state index in [1.807, 2.05) is 0 Å². The van der Waals surface area contributed by atoms with E-state index in [0.29, 0.717) is 0 Å². The highest BCUT2D eigenvalue weighted by Crippen LogP contribution is 2.10. The Morgan fingerprint density at radius 3 is 1.44 bits per heavy atom. The van der Waals surface area contributed by atoms with Gasteiger partial charge >= 0.3 is 0 Å². The molecule has 0 aromatic heterocycles. The van der Waals surface area contributed by atoms with Crippen molar-refractivity contribution >= 4 is 0 Å². The van der Waals surface area contributed by atoms with Crippen LogP contribution in [0.3, 0.4) is 0 Å². The second-order valence-electron chi connectivity index (χ2n) is 13.4. The maximum absolute atomic E-state index is 4.50. The van der Waals surface area contributed by atoms with Gasteiger partial charge in [-0.15, -0.1) is 0 Å². The van der Waals surface area contributed by atoms with Crippen LogP contribution in [0.1, 0.15) is 46.0 Å². The molecule has 0 radical (unpaired) electrons. The highest BCUT2D eigenvalue weighted by Gasteiger charge is 2.18. The maximum atomic E-state index is 4.50. The second-order valence-corrected chi connectivity index (χ2v) is 13.4. The molecule has 4 bridgehead atoms. The molecule has 9 nitrogen and oxygen atoms in total. The van der Waals surface area contributed by atoms with Gasteiger partial charge in [0.2, 0.25) is 0 Å². The molecule has 0 unspecified atom stereocenters. The maximum Gasteiger partial charge on any atom is 0.0231 e. The molecule has 45 heavy (non-hydrogen) atoms. The number of hydrogen-bond donors (Lipinski definition) is 3. The number of rotatable bonds is 7. The quantitative estimate of drug-likeness (QED) is 0.290. The minimum absolute atomic E-state index is 1.03. The van der Waals surface area contributed by atoms with Crippen LogP contribution < -0.4 is 16.4 Å². The number of piperazine rings is 2. The molecule has 6 fully saturated rings.